The first kappa shape index (κ1) is 8.85. The number of thioether (sulfide) groups is 1. The van der Waals surface area contributed by atoms with Gasteiger partial charge in [0.2, 0.25) is 0 Å². The Morgan fingerprint density at radius 1 is 1.58 bits per heavy atom. The molecule has 1 heterocycles. The molecular formula is C9H17NOS. The van der Waals surface area contributed by atoms with E-state index in [2.05, 4.69) is 24.0 Å². The largest absolute Gasteiger partial charge is 0.382 e. The van der Waals surface area contributed by atoms with Crippen LogP contribution in [0.15, 0.2) is 0 Å². The molecule has 2 rings (SSSR count). The van der Waals surface area contributed by atoms with Crippen molar-refractivity contribution in [3.8, 4) is 0 Å². The maximum atomic E-state index is 5.30. The van der Waals surface area contributed by atoms with Gasteiger partial charge in [0.05, 0.1) is 11.5 Å². The summed E-state index contributed by atoms with van der Waals surface area (Å²) in [5, 5.41) is 4.37. The lowest BCUT2D eigenvalue weighted by Crippen LogP contribution is -2.43. The summed E-state index contributed by atoms with van der Waals surface area (Å²) in [4.78, 5) is 0.272. The molecule has 1 aliphatic carbocycles. The molecule has 0 bridgehead atoms. The van der Waals surface area contributed by atoms with Crippen molar-refractivity contribution in [3.63, 3.8) is 0 Å². The maximum Gasteiger partial charge on any atom is 0.0913 e. The van der Waals surface area contributed by atoms with Crippen LogP contribution in [0.5, 0.6) is 0 Å². The highest BCUT2D eigenvalue weighted by molar-refractivity contribution is 8.01. The predicted molar refractivity (Wildman–Crippen MR) is 52.4 cm³/mol. The molecule has 3 heteroatoms. The molecule has 2 atom stereocenters. The third-order valence-corrected chi connectivity index (χ3v) is 4.28. The van der Waals surface area contributed by atoms with E-state index in [0.29, 0.717) is 0 Å². The smallest absolute Gasteiger partial charge is 0.0913 e. The highest BCUT2D eigenvalue weighted by Crippen LogP contribution is 2.49. The molecule has 0 aromatic heterocycles. The van der Waals surface area contributed by atoms with Crippen molar-refractivity contribution >= 4 is 11.8 Å². The summed E-state index contributed by atoms with van der Waals surface area (Å²) in [6.07, 6.45) is 2.77. The van der Waals surface area contributed by atoms with Gasteiger partial charge in [0.1, 0.15) is 0 Å². The summed E-state index contributed by atoms with van der Waals surface area (Å²) in [5.74, 6) is 0.868. The van der Waals surface area contributed by atoms with Gasteiger partial charge in [-0.15, -0.1) is 11.8 Å². The van der Waals surface area contributed by atoms with Gasteiger partial charge in [0.25, 0.3) is 0 Å². The molecular weight excluding hydrogens is 170 g/mol. The van der Waals surface area contributed by atoms with Gasteiger partial charge in [-0.3, -0.25) is 5.32 Å². The van der Waals surface area contributed by atoms with E-state index in [1.807, 2.05) is 0 Å². The van der Waals surface area contributed by atoms with Crippen molar-refractivity contribution in [3.05, 3.63) is 0 Å². The van der Waals surface area contributed by atoms with Crippen LogP contribution in [0.25, 0.3) is 0 Å². The fraction of sp³-hybridized carbons (Fsp3) is 1.00. The fourth-order valence-electron chi connectivity index (χ4n) is 1.97. The molecule has 1 saturated heterocycles. The van der Waals surface area contributed by atoms with E-state index >= 15 is 0 Å². The van der Waals surface area contributed by atoms with Crippen LogP contribution in [0, 0.1) is 5.92 Å². The molecule has 0 aromatic rings. The average molecular weight is 187 g/mol. The van der Waals surface area contributed by atoms with Gasteiger partial charge < -0.3 is 4.74 Å². The van der Waals surface area contributed by atoms with Crippen LogP contribution < -0.4 is 5.32 Å². The highest BCUT2D eigenvalue weighted by Gasteiger charge is 2.49. The molecule has 2 fully saturated rings. The SMILES string of the molecule is COCC1(C2CC2)NCC(C)S1. The van der Waals surface area contributed by atoms with E-state index in [4.69, 9.17) is 4.74 Å². The minimum absolute atomic E-state index is 0.272. The second-order valence-corrected chi connectivity index (χ2v) is 5.68. The molecule has 2 nitrogen and oxygen atoms in total. The predicted octanol–water partition coefficient (Wildman–Crippen LogP) is 1.46. The molecule has 2 unspecified atom stereocenters. The molecule has 1 saturated carbocycles. The molecule has 70 valence electrons. The Morgan fingerprint density at radius 3 is 2.75 bits per heavy atom. The zero-order chi connectivity index (χ0) is 8.60. The van der Waals surface area contributed by atoms with Crippen molar-refractivity contribution in [2.24, 2.45) is 5.92 Å². The highest BCUT2D eigenvalue weighted by atomic mass is 32.2. The summed E-state index contributed by atoms with van der Waals surface area (Å²) >= 11 is 2.07. The first-order valence-corrected chi connectivity index (χ1v) is 5.56. The van der Waals surface area contributed by atoms with Crippen LogP contribution in [0.1, 0.15) is 19.8 Å². The maximum absolute atomic E-state index is 5.30. The van der Waals surface area contributed by atoms with Gasteiger partial charge in [-0.25, -0.2) is 0 Å². The molecule has 2 aliphatic rings. The number of hydrogen-bond donors (Lipinski definition) is 1. The van der Waals surface area contributed by atoms with E-state index in [9.17, 15) is 0 Å². The molecule has 0 radical (unpaired) electrons. The number of ether oxygens (including phenoxy) is 1. The summed E-state index contributed by atoms with van der Waals surface area (Å²) < 4.78 is 5.30. The van der Waals surface area contributed by atoms with Crippen molar-refractivity contribution in [1.82, 2.24) is 5.32 Å². The van der Waals surface area contributed by atoms with Gasteiger partial charge >= 0.3 is 0 Å². The van der Waals surface area contributed by atoms with Crippen LogP contribution >= 0.6 is 11.8 Å². The van der Waals surface area contributed by atoms with Gasteiger partial charge in [0.15, 0.2) is 0 Å². The molecule has 1 N–H and O–H groups in total. The molecule has 1 aliphatic heterocycles. The Hall–Kier alpha value is 0.270. The fourth-order valence-corrected chi connectivity index (χ4v) is 3.63. The van der Waals surface area contributed by atoms with Crippen LogP contribution in [0.3, 0.4) is 0 Å². The summed E-state index contributed by atoms with van der Waals surface area (Å²) in [5.41, 5.74) is 0. The third-order valence-electron chi connectivity index (χ3n) is 2.70. The molecule has 12 heavy (non-hydrogen) atoms. The number of methoxy groups -OCH3 is 1. The van der Waals surface area contributed by atoms with E-state index < -0.39 is 0 Å². The van der Waals surface area contributed by atoms with E-state index in [1.54, 1.807) is 7.11 Å². The second kappa shape index (κ2) is 3.20. The summed E-state index contributed by atoms with van der Waals surface area (Å²) in [6, 6.07) is 0. The van der Waals surface area contributed by atoms with Crippen molar-refractivity contribution in [1.29, 1.82) is 0 Å². The lowest BCUT2D eigenvalue weighted by molar-refractivity contribution is 0.147. The van der Waals surface area contributed by atoms with E-state index in [-0.39, 0.29) is 4.87 Å². The lowest BCUT2D eigenvalue weighted by atomic mass is 10.2. The van der Waals surface area contributed by atoms with E-state index in [1.165, 1.54) is 12.8 Å². The average Bonchev–Trinajstić information content (AvgIpc) is 2.80. The van der Waals surface area contributed by atoms with Crippen LogP contribution in [0.2, 0.25) is 0 Å². The minimum atomic E-state index is 0.272. The van der Waals surface area contributed by atoms with Crippen LogP contribution in [-0.4, -0.2) is 30.4 Å². The molecule has 0 amide bonds. The normalized spacial score (nSPS) is 42.0. The van der Waals surface area contributed by atoms with Gasteiger partial charge in [-0.05, 0) is 18.8 Å². The zero-order valence-corrected chi connectivity index (χ0v) is 8.62. The third kappa shape index (κ3) is 1.50. The quantitative estimate of drug-likeness (QED) is 0.723. The Labute approximate surface area is 78.4 Å². The second-order valence-electron chi connectivity index (χ2n) is 3.91. The Kier molecular flexibility index (Phi) is 2.36. The summed E-state index contributed by atoms with van der Waals surface area (Å²) in [6.45, 7) is 4.30. The Morgan fingerprint density at radius 2 is 2.33 bits per heavy atom. The van der Waals surface area contributed by atoms with Crippen molar-refractivity contribution in [2.45, 2.75) is 29.9 Å². The Bertz CT molecular complexity index is 168. The topological polar surface area (TPSA) is 21.3 Å². The first-order chi connectivity index (χ1) is 5.77. The lowest BCUT2D eigenvalue weighted by Gasteiger charge is -2.27. The van der Waals surface area contributed by atoms with Crippen molar-refractivity contribution in [2.75, 3.05) is 20.3 Å². The monoisotopic (exact) mass is 187 g/mol. The van der Waals surface area contributed by atoms with Gasteiger partial charge in [-0.1, -0.05) is 6.92 Å². The zero-order valence-electron chi connectivity index (χ0n) is 7.80. The summed E-state index contributed by atoms with van der Waals surface area (Å²) in [7, 11) is 1.80. The Balaban J connectivity index is 2.01. The van der Waals surface area contributed by atoms with E-state index in [0.717, 1.165) is 24.3 Å². The number of hydrogen-bond acceptors (Lipinski definition) is 3. The molecule has 0 spiro atoms. The van der Waals surface area contributed by atoms with Gasteiger partial charge in [-0.2, -0.15) is 0 Å². The standard InChI is InChI=1S/C9H17NOS/c1-7-5-10-9(12-7,6-11-2)8-3-4-8/h7-8,10H,3-6H2,1-2H3. The van der Waals surface area contributed by atoms with Crippen molar-refractivity contribution < 1.29 is 4.74 Å². The number of rotatable bonds is 3. The number of nitrogens with one attached hydrogen (secondary N) is 1. The van der Waals surface area contributed by atoms with Gasteiger partial charge in [0, 0.05) is 18.9 Å². The first-order valence-electron chi connectivity index (χ1n) is 4.68. The van der Waals surface area contributed by atoms with Crippen LogP contribution in [-0.2, 0) is 4.74 Å². The van der Waals surface area contributed by atoms with Crippen LogP contribution in [0.4, 0.5) is 0 Å². The minimum Gasteiger partial charge on any atom is -0.382 e. The molecule has 0 aromatic carbocycles.